The van der Waals surface area contributed by atoms with Crippen molar-refractivity contribution in [3.63, 3.8) is 0 Å². The fraction of sp³-hybridized carbons (Fsp3) is 0.333. The number of hydrogen-bond acceptors (Lipinski definition) is 4. The van der Waals surface area contributed by atoms with Crippen LogP contribution in [-0.2, 0) is 28.4 Å². The fourth-order valence-corrected chi connectivity index (χ4v) is 3.94. The van der Waals surface area contributed by atoms with Gasteiger partial charge in [0.15, 0.2) is 0 Å². The number of anilines is 2. The number of aromatic nitrogens is 2. The predicted octanol–water partition coefficient (Wildman–Crippen LogP) is -0.802. The summed E-state index contributed by atoms with van der Waals surface area (Å²) in [4.78, 5) is 11.1. The van der Waals surface area contributed by atoms with Crippen molar-refractivity contribution in [2.24, 2.45) is 7.05 Å². The summed E-state index contributed by atoms with van der Waals surface area (Å²) in [5, 5.41) is 12.6. The van der Waals surface area contributed by atoms with Crippen molar-refractivity contribution in [3.05, 3.63) is 40.9 Å². The van der Waals surface area contributed by atoms with Gasteiger partial charge in [-0.2, -0.15) is 0 Å². The van der Waals surface area contributed by atoms with Gasteiger partial charge < -0.3 is 17.7 Å². The van der Waals surface area contributed by atoms with Crippen LogP contribution in [0.2, 0.25) is 10.0 Å². The number of halogens is 3. The number of hydrogen-bond donors (Lipinski definition) is 2. The minimum Gasteiger partial charge on any atom is -1.00 e. The van der Waals surface area contributed by atoms with Gasteiger partial charge in [-0.3, -0.25) is 10.0 Å². The number of nitrogens with one attached hydrogen (secondary N) is 1. The topological polar surface area (TPSA) is 95.5 Å². The third-order valence-electron chi connectivity index (χ3n) is 3.45. The molecule has 1 heterocycles. The average molecular weight is 458 g/mol. The number of rotatable bonds is 7. The molecular formula is C15H19Cl3N4O4S. The van der Waals surface area contributed by atoms with Gasteiger partial charge in [-0.25, -0.2) is 17.6 Å². The molecule has 1 amide bonds. The molecule has 0 unspecified atom stereocenters. The van der Waals surface area contributed by atoms with Crippen LogP contribution in [0.15, 0.2) is 30.9 Å². The molecule has 0 bridgehead atoms. The average Bonchev–Trinajstić information content (AvgIpc) is 2.95. The molecule has 0 spiro atoms. The Morgan fingerprint density at radius 3 is 2.41 bits per heavy atom. The summed E-state index contributed by atoms with van der Waals surface area (Å²) in [6.45, 7) is 1.77. The third-order valence-corrected chi connectivity index (χ3v) is 5.59. The second kappa shape index (κ2) is 9.61. The minimum absolute atomic E-state index is 0. The highest BCUT2D eigenvalue weighted by molar-refractivity contribution is 7.92. The van der Waals surface area contributed by atoms with Crippen LogP contribution in [0.3, 0.4) is 0 Å². The van der Waals surface area contributed by atoms with E-state index in [9.17, 15) is 18.4 Å². The highest BCUT2D eigenvalue weighted by atomic mass is 35.5. The zero-order valence-corrected chi connectivity index (χ0v) is 17.6. The number of amides is 1. The minimum atomic E-state index is -3.98. The van der Waals surface area contributed by atoms with Crippen molar-refractivity contribution >= 4 is 50.5 Å². The highest BCUT2D eigenvalue weighted by Gasteiger charge is 2.23. The van der Waals surface area contributed by atoms with Crippen LogP contribution in [0.25, 0.3) is 0 Å². The summed E-state index contributed by atoms with van der Waals surface area (Å²) in [7, 11) is -2.12. The second-order valence-corrected chi connectivity index (χ2v) is 8.43. The molecule has 1 aromatic carbocycles. The Labute approximate surface area is 173 Å². The Morgan fingerprint density at radius 2 is 1.93 bits per heavy atom. The van der Waals surface area contributed by atoms with E-state index in [4.69, 9.17) is 23.2 Å². The molecule has 2 rings (SSSR count). The van der Waals surface area contributed by atoms with Crippen LogP contribution in [0.4, 0.5) is 11.4 Å². The summed E-state index contributed by atoms with van der Waals surface area (Å²) in [5.41, 5.74) is 0.0392. The van der Waals surface area contributed by atoms with Crippen molar-refractivity contribution in [1.82, 2.24) is 4.57 Å². The van der Waals surface area contributed by atoms with Gasteiger partial charge in [0.25, 0.3) is 10.0 Å². The standard InChI is InChI=1S/C15H18Cl2N4O4S.ClH/c1-11(22)18-15-13(16)8-12(9-14(15)17)21(23)26(24,25)7-3-4-20-6-5-19(2)10-20;/h5-6,8-10,23H,3-4,7H2,1-2H3;1H. The molecule has 0 aliphatic heterocycles. The number of carbonyl (C=O) groups excluding carboxylic acids is 1. The molecule has 2 aromatic rings. The van der Waals surface area contributed by atoms with Crippen LogP contribution in [0, 0.1) is 0 Å². The second-order valence-electron chi connectivity index (χ2n) is 5.70. The molecule has 0 aliphatic carbocycles. The van der Waals surface area contributed by atoms with Crippen molar-refractivity contribution in [2.45, 2.75) is 19.9 Å². The molecule has 0 saturated carbocycles. The first-order valence-corrected chi connectivity index (χ1v) is 9.96. The van der Waals surface area contributed by atoms with Crippen molar-refractivity contribution < 1.29 is 35.4 Å². The molecule has 0 radical (unpaired) electrons. The molecule has 1 aromatic heterocycles. The summed E-state index contributed by atoms with van der Waals surface area (Å²) >= 11 is 12.0. The molecule has 8 nitrogen and oxygen atoms in total. The van der Waals surface area contributed by atoms with Crippen LogP contribution in [0.5, 0.6) is 0 Å². The molecule has 0 aliphatic rings. The molecule has 12 heteroatoms. The quantitative estimate of drug-likeness (QED) is 0.420. The van der Waals surface area contributed by atoms with E-state index in [2.05, 4.69) is 5.32 Å². The van der Waals surface area contributed by atoms with Crippen LogP contribution in [-0.4, -0.2) is 29.9 Å². The third kappa shape index (κ3) is 6.25. The van der Waals surface area contributed by atoms with E-state index in [1.807, 2.05) is 34.9 Å². The molecule has 0 fully saturated rings. The first-order chi connectivity index (χ1) is 12.1. The summed E-state index contributed by atoms with van der Waals surface area (Å²) in [5.74, 6) is -0.651. The number of sulfonamides is 1. The van der Waals surface area contributed by atoms with Gasteiger partial charge in [0, 0.05) is 13.3 Å². The van der Waals surface area contributed by atoms with Crippen molar-refractivity contribution in [3.8, 4) is 0 Å². The summed E-state index contributed by atoms with van der Waals surface area (Å²) in [6.07, 6.45) is 5.79. The molecule has 2 N–H and O–H groups in total. The number of benzene rings is 1. The van der Waals surface area contributed by atoms with E-state index < -0.39 is 10.0 Å². The van der Waals surface area contributed by atoms with Gasteiger partial charge in [0.05, 0.1) is 40.8 Å². The fourth-order valence-electron chi connectivity index (χ4n) is 2.28. The summed E-state index contributed by atoms with van der Waals surface area (Å²) < 4.78 is 28.5. The van der Waals surface area contributed by atoms with E-state index in [-0.39, 0.29) is 50.0 Å². The zero-order chi connectivity index (χ0) is 19.5. The van der Waals surface area contributed by atoms with Crippen molar-refractivity contribution in [2.75, 3.05) is 15.5 Å². The Balaban J connectivity index is 0.00000364. The number of nitrogens with zero attached hydrogens (tertiary/aromatic N) is 3. The van der Waals surface area contributed by atoms with Crippen LogP contribution < -0.4 is 26.8 Å². The van der Waals surface area contributed by atoms with E-state index >= 15 is 0 Å². The Morgan fingerprint density at radius 1 is 1.33 bits per heavy atom. The van der Waals surface area contributed by atoms with E-state index in [1.165, 1.54) is 19.1 Å². The number of carbonyl (C=O) groups is 1. The lowest BCUT2D eigenvalue weighted by atomic mass is 10.3. The Hall–Kier alpha value is -1.52. The van der Waals surface area contributed by atoms with E-state index in [0.29, 0.717) is 13.0 Å². The number of aryl methyl sites for hydroxylation is 2. The lowest BCUT2D eigenvalue weighted by molar-refractivity contribution is -0.671. The van der Waals surface area contributed by atoms with E-state index in [0.717, 1.165) is 0 Å². The smallest absolute Gasteiger partial charge is 0.257 e. The lowest BCUT2D eigenvalue weighted by Crippen LogP contribution is -3.00. The van der Waals surface area contributed by atoms with Crippen LogP contribution >= 0.6 is 23.2 Å². The SMILES string of the molecule is CC(=O)Nc1c(Cl)cc(N(O)S(=O)(=O)CCCn2cc[n+](C)c2)cc1Cl.[Cl-]. The molecule has 27 heavy (non-hydrogen) atoms. The summed E-state index contributed by atoms with van der Waals surface area (Å²) in [6, 6.07) is 2.42. The maximum atomic E-state index is 12.3. The molecule has 150 valence electrons. The Kier molecular flexibility index (Phi) is 8.37. The first kappa shape index (κ1) is 23.5. The van der Waals surface area contributed by atoms with Gasteiger partial charge in [0.1, 0.15) is 12.4 Å². The predicted molar refractivity (Wildman–Crippen MR) is 99.0 cm³/mol. The van der Waals surface area contributed by atoms with Gasteiger partial charge in [-0.15, -0.1) is 4.47 Å². The largest absolute Gasteiger partial charge is 1.00 e. The van der Waals surface area contributed by atoms with Gasteiger partial charge in [-0.1, -0.05) is 23.2 Å². The van der Waals surface area contributed by atoms with Gasteiger partial charge in [-0.05, 0) is 12.1 Å². The van der Waals surface area contributed by atoms with Crippen LogP contribution in [0.1, 0.15) is 13.3 Å². The molecular weight excluding hydrogens is 439 g/mol. The Bertz CT molecular complexity index is 895. The number of imidazole rings is 1. The maximum absolute atomic E-state index is 12.3. The molecule has 0 saturated heterocycles. The highest BCUT2D eigenvalue weighted by Crippen LogP contribution is 2.35. The van der Waals surface area contributed by atoms with Crippen molar-refractivity contribution in [1.29, 1.82) is 0 Å². The van der Waals surface area contributed by atoms with E-state index in [1.54, 1.807) is 0 Å². The lowest BCUT2D eigenvalue weighted by Gasteiger charge is -2.18. The first-order valence-electron chi connectivity index (χ1n) is 7.59. The van der Waals surface area contributed by atoms with Gasteiger partial charge >= 0.3 is 0 Å². The zero-order valence-electron chi connectivity index (χ0n) is 14.6. The monoisotopic (exact) mass is 456 g/mol. The maximum Gasteiger partial charge on any atom is 0.257 e. The van der Waals surface area contributed by atoms with Gasteiger partial charge in [0.2, 0.25) is 12.2 Å². The normalized spacial score (nSPS) is 11.0. The molecule has 0 atom stereocenters.